The van der Waals surface area contributed by atoms with Gasteiger partial charge in [0.2, 0.25) is 11.8 Å². The van der Waals surface area contributed by atoms with Crippen LogP contribution in [-0.2, 0) is 22.6 Å². The van der Waals surface area contributed by atoms with Crippen LogP contribution >= 0.6 is 0 Å². The molecule has 0 spiro atoms. The van der Waals surface area contributed by atoms with Gasteiger partial charge in [-0.1, -0.05) is 24.3 Å². The average Bonchev–Trinajstić information content (AvgIpc) is 2.79. The summed E-state index contributed by atoms with van der Waals surface area (Å²) < 4.78 is 18.1. The van der Waals surface area contributed by atoms with Crippen LogP contribution in [0.5, 0.6) is 5.75 Å². The predicted octanol–water partition coefficient (Wildman–Crippen LogP) is 2.52. The van der Waals surface area contributed by atoms with Gasteiger partial charge >= 0.3 is 0 Å². The highest BCUT2D eigenvalue weighted by molar-refractivity contribution is 5.79. The van der Waals surface area contributed by atoms with Crippen LogP contribution in [0.4, 0.5) is 4.39 Å². The summed E-state index contributed by atoms with van der Waals surface area (Å²) in [5, 5.41) is 5.89. The highest BCUT2D eigenvalue weighted by Crippen LogP contribution is 2.17. The molecule has 0 saturated carbocycles. The molecule has 1 saturated heterocycles. The van der Waals surface area contributed by atoms with Crippen LogP contribution in [0.3, 0.4) is 0 Å². The third kappa shape index (κ3) is 7.36. The van der Waals surface area contributed by atoms with Crippen LogP contribution < -0.4 is 15.4 Å². The molecule has 3 rings (SSSR count). The van der Waals surface area contributed by atoms with E-state index in [0.29, 0.717) is 19.6 Å². The second-order valence-corrected chi connectivity index (χ2v) is 7.84. The van der Waals surface area contributed by atoms with Crippen molar-refractivity contribution in [2.24, 2.45) is 5.92 Å². The van der Waals surface area contributed by atoms with Gasteiger partial charge < -0.3 is 15.4 Å². The molecule has 6 nitrogen and oxygen atoms in total. The van der Waals surface area contributed by atoms with E-state index in [4.69, 9.17) is 4.74 Å². The molecule has 0 radical (unpaired) electrons. The van der Waals surface area contributed by atoms with E-state index >= 15 is 0 Å². The number of ether oxygens (including phenoxy) is 1. The molecule has 0 aromatic heterocycles. The first-order chi connectivity index (χ1) is 15.0. The highest BCUT2D eigenvalue weighted by atomic mass is 19.1. The SMILES string of the molecule is COc1ccc(CCNC(=O)CN2CCC(C(=O)NCc3ccc(F)cc3)CC2)cc1. The number of halogens is 1. The Labute approximate surface area is 182 Å². The quantitative estimate of drug-likeness (QED) is 0.645. The fourth-order valence-electron chi connectivity index (χ4n) is 3.69. The Morgan fingerprint density at radius 3 is 2.29 bits per heavy atom. The first kappa shape index (κ1) is 22.7. The summed E-state index contributed by atoms with van der Waals surface area (Å²) in [5.74, 6) is 0.517. The summed E-state index contributed by atoms with van der Waals surface area (Å²) in [6, 6.07) is 13.9. The maximum Gasteiger partial charge on any atom is 0.234 e. The third-order valence-electron chi connectivity index (χ3n) is 5.60. The molecule has 166 valence electrons. The minimum atomic E-state index is -0.285. The molecule has 31 heavy (non-hydrogen) atoms. The van der Waals surface area contributed by atoms with Crippen molar-refractivity contribution in [3.63, 3.8) is 0 Å². The van der Waals surface area contributed by atoms with Gasteiger partial charge in [0, 0.05) is 19.0 Å². The maximum atomic E-state index is 13.0. The Morgan fingerprint density at radius 2 is 1.65 bits per heavy atom. The van der Waals surface area contributed by atoms with Crippen LogP contribution in [0.1, 0.15) is 24.0 Å². The lowest BCUT2D eigenvalue weighted by Gasteiger charge is -2.30. The number of benzene rings is 2. The molecule has 2 aromatic carbocycles. The van der Waals surface area contributed by atoms with Gasteiger partial charge in [-0.05, 0) is 67.7 Å². The normalized spacial score (nSPS) is 14.8. The van der Waals surface area contributed by atoms with Gasteiger partial charge in [-0.25, -0.2) is 4.39 Å². The number of likely N-dealkylation sites (tertiary alicyclic amines) is 1. The topological polar surface area (TPSA) is 70.7 Å². The fourth-order valence-corrected chi connectivity index (χ4v) is 3.69. The number of hydrogen-bond donors (Lipinski definition) is 2. The number of carbonyl (C=O) groups excluding carboxylic acids is 2. The van der Waals surface area contributed by atoms with Gasteiger partial charge in [0.05, 0.1) is 13.7 Å². The Bertz CT molecular complexity index is 847. The van der Waals surface area contributed by atoms with Crippen molar-refractivity contribution in [3.05, 3.63) is 65.5 Å². The van der Waals surface area contributed by atoms with E-state index in [1.54, 1.807) is 19.2 Å². The molecule has 1 fully saturated rings. The Hall–Kier alpha value is -2.93. The maximum absolute atomic E-state index is 13.0. The van der Waals surface area contributed by atoms with Gasteiger partial charge in [-0.15, -0.1) is 0 Å². The molecule has 1 aliphatic rings. The average molecular weight is 428 g/mol. The number of amides is 2. The van der Waals surface area contributed by atoms with Crippen molar-refractivity contribution in [1.82, 2.24) is 15.5 Å². The number of carbonyl (C=O) groups is 2. The predicted molar refractivity (Wildman–Crippen MR) is 117 cm³/mol. The minimum Gasteiger partial charge on any atom is -0.497 e. The molecule has 0 aliphatic carbocycles. The smallest absolute Gasteiger partial charge is 0.234 e. The number of hydrogen-bond acceptors (Lipinski definition) is 4. The molecular formula is C24H30FN3O3. The lowest BCUT2D eigenvalue weighted by molar-refractivity contribution is -0.127. The molecule has 0 unspecified atom stereocenters. The summed E-state index contributed by atoms with van der Waals surface area (Å²) in [7, 11) is 1.64. The summed E-state index contributed by atoms with van der Waals surface area (Å²) in [6.45, 7) is 2.79. The summed E-state index contributed by atoms with van der Waals surface area (Å²) in [6.07, 6.45) is 2.23. The largest absolute Gasteiger partial charge is 0.497 e. The second kappa shape index (κ2) is 11.5. The van der Waals surface area contributed by atoms with Crippen molar-refractivity contribution in [3.8, 4) is 5.75 Å². The standard InChI is InChI=1S/C24H30FN3O3/c1-31-22-8-4-18(5-9-22)10-13-26-23(29)17-28-14-11-20(12-15-28)24(30)27-16-19-2-6-21(25)7-3-19/h2-9,20H,10-17H2,1H3,(H,26,29)(H,27,30). The number of rotatable bonds is 9. The zero-order valence-corrected chi connectivity index (χ0v) is 17.9. The molecule has 7 heteroatoms. The zero-order chi connectivity index (χ0) is 22.1. The molecule has 1 heterocycles. The van der Waals surface area contributed by atoms with E-state index < -0.39 is 0 Å². The van der Waals surface area contributed by atoms with Gasteiger partial charge in [0.25, 0.3) is 0 Å². The monoisotopic (exact) mass is 427 g/mol. The van der Waals surface area contributed by atoms with Crippen LogP contribution in [0.25, 0.3) is 0 Å². The third-order valence-corrected chi connectivity index (χ3v) is 5.60. The number of nitrogens with one attached hydrogen (secondary N) is 2. The number of methoxy groups -OCH3 is 1. The van der Waals surface area contributed by atoms with E-state index in [1.165, 1.54) is 12.1 Å². The van der Waals surface area contributed by atoms with Crippen LogP contribution in [0, 0.1) is 11.7 Å². The van der Waals surface area contributed by atoms with E-state index in [1.807, 2.05) is 24.3 Å². The minimum absolute atomic E-state index is 0.00715. The summed E-state index contributed by atoms with van der Waals surface area (Å²) >= 11 is 0. The molecular weight excluding hydrogens is 397 g/mol. The van der Waals surface area contributed by atoms with Crippen LogP contribution in [-0.4, -0.2) is 50.0 Å². The second-order valence-electron chi connectivity index (χ2n) is 7.84. The van der Waals surface area contributed by atoms with E-state index in [0.717, 1.165) is 49.2 Å². The Balaban J connectivity index is 1.31. The van der Waals surface area contributed by atoms with Crippen molar-refractivity contribution in [2.45, 2.75) is 25.8 Å². The highest BCUT2D eigenvalue weighted by Gasteiger charge is 2.25. The first-order valence-corrected chi connectivity index (χ1v) is 10.7. The Morgan fingerprint density at radius 1 is 1.00 bits per heavy atom. The molecule has 0 bridgehead atoms. The van der Waals surface area contributed by atoms with Gasteiger partial charge in [-0.3, -0.25) is 14.5 Å². The van der Waals surface area contributed by atoms with Crippen molar-refractivity contribution in [1.29, 1.82) is 0 Å². The van der Waals surface area contributed by atoms with E-state index in [2.05, 4.69) is 15.5 Å². The molecule has 2 amide bonds. The van der Waals surface area contributed by atoms with Gasteiger partial charge in [-0.2, -0.15) is 0 Å². The van der Waals surface area contributed by atoms with Crippen molar-refractivity contribution >= 4 is 11.8 Å². The number of piperidine rings is 1. The lowest BCUT2D eigenvalue weighted by Crippen LogP contribution is -2.44. The lowest BCUT2D eigenvalue weighted by atomic mass is 9.96. The molecule has 1 aliphatic heterocycles. The van der Waals surface area contributed by atoms with Crippen LogP contribution in [0.2, 0.25) is 0 Å². The summed E-state index contributed by atoms with van der Waals surface area (Å²) in [5.41, 5.74) is 2.02. The van der Waals surface area contributed by atoms with E-state index in [9.17, 15) is 14.0 Å². The molecule has 0 atom stereocenters. The van der Waals surface area contributed by atoms with Crippen molar-refractivity contribution in [2.75, 3.05) is 33.3 Å². The first-order valence-electron chi connectivity index (χ1n) is 10.7. The summed E-state index contributed by atoms with van der Waals surface area (Å²) in [4.78, 5) is 26.7. The van der Waals surface area contributed by atoms with Crippen molar-refractivity contribution < 1.29 is 18.7 Å². The molecule has 2 N–H and O–H groups in total. The van der Waals surface area contributed by atoms with Gasteiger partial charge in [0.1, 0.15) is 11.6 Å². The molecule has 2 aromatic rings. The van der Waals surface area contributed by atoms with E-state index in [-0.39, 0.29) is 23.5 Å². The van der Waals surface area contributed by atoms with Crippen LogP contribution in [0.15, 0.2) is 48.5 Å². The van der Waals surface area contributed by atoms with Gasteiger partial charge in [0.15, 0.2) is 0 Å². The fraction of sp³-hybridized carbons (Fsp3) is 0.417. The number of nitrogens with zero attached hydrogens (tertiary/aromatic N) is 1. The zero-order valence-electron chi connectivity index (χ0n) is 17.9. The Kier molecular flexibility index (Phi) is 8.41.